The molecule has 4 rings (SSSR count). The maximum atomic E-state index is 14.2. The van der Waals surface area contributed by atoms with Crippen LogP contribution < -0.4 is 20.9 Å². The lowest BCUT2D eigenvalue weighted by Crippen LogP contribution is -2.44. The van der Waals surface area contributed by atoms with Gasteiger partial charge in [0, 0.05) is 49.6 Å². The van der Waals surface area contributed by atoms with Crippen LogP contribution >= 0.6 is 12.4 Å². The van der Waals surface area contributed by atoms with E-state index in [0.29, 0.717) is 12.4 Å². The molecule has 1 amide bonds. The lowest BCUT2D eigenvalue weighted by molar-refractivity contribution is -0.110. The van der Waals surface area contributed by atoms with Gasteiger partial charge in [0.1, 0.15) is 0 Å². The fraction of sp³-hybridized carbons (Fsp3) is 0.476. The summed E-state index contributed by atoms with van der Waals surface area (Å²) in [4.78, 5) is 23.8. The topological polar surface area (TPSA) is 85.4 Å². The maximum Gasteiger partial charge on any atom is 0.229 e. The van der Waals surface area contributed by atoms with Crippen molar-refractivity contribution < 1.29 is 9.18 Å². The molecule has 8 nitrogen and oxygen atoms in total. The first-order chi connectivity index (χ1) is 14.6. The van der Waals surface area contributed by atoms with Crippen molar-refractivity contribution in [1.82, 2.24) is 20.2 Å². The molecule has 10 heteroatoms. The third kappa shape index (κ3) is 5.74. The SMILES string of the molecule is CN1CCN(c2ccc(Nc3ncc(F)c(NC4CCCC4NC=O)n3)cc2)CC1.Cl. The van der Waals surface area contributed by atoms with Gasteiger partial charge in [-0.2, -0.15) is 4.98 Å². The average molecular weight is 450 g/mol. The number of hydrogen-bond donors (Lipinski definition) is 3. The number of aromatic nitrogens is 2. The summed E-state index contributed by atoms with van der Waals surface area (Å²) < 4.78 is 14.2. The Bertz CT molecular complexity index is 861. The lowest BCUT2D eigenvalue weighted by Gasteiger charge is -2.34. The quantitative estimate of drug-likeness (QED) is 0.560. The van der Waals surface area contributed by atoms with Crippen LogP contribution in [0.4, 0.5) is 27.5 Å². The van der Waals surface area contributed by atoms with Gasteiger partial charge in [0.25, 0.3) is 0 Å². The molecule has 2 unspecified atom stereocenters. The Morgan fingerprint density at radius 1 is 1.10 bits per heavy atom. The number of anilines is 4. The Hall–Kier alpha value is -2.65. The maximum absolute atomic E-state index is 14.2. The van der Waals surface area contributed by atoms with Gasteiger partial charge in [-0.1, -0.05) is 0 Å². The van der Waals surface area contributed by atoms with Gasteiger partial charge in [-0.25, -0.2) is 9.37 Å². The highest BCUT2D eigenvalue weighted by Gasteiger charge is 2.28. The van der Waals surface area contributed by atoms with Crippen LogP contribution in [0.15, 0.2) is 30.5 Å². The van der Waals surface area contributed by atoms with Crippen LogP contribution in [0, 0.1) is 5.82 Å². The van der Waals surface area contributed by atoms with Gasteiger partial charge < -0.3 is 25.8 Å². The smallest absolute Gasteiger partial charge is 0.229 e. The van der Waals surface area contributed by atoms with Crippen molar-refractivity contribution in [3.8, 4) is 0 Å². The van der Waals surface area contributed by atoms with Crippen molar-refractivity contribution in [2.75, 3.05) is 48.8 Å². The Balaban J connectivity index is 0.00000272. The van der Waals surface area contributed by atoms with Gasteiger partial charge in [-0.15, -0.1) is 12.4 Å². The number of likely N-dealkylation sites (N-methyl/N-ethyl adjacent to an activating group) is 1. The number of benzene rings is 1. The second-order valence-corrected chi connectivity index (χ2v) is 7.93. The van der Waals surface area contributed by atoms with Gasteiger partial charge in [-0.05, 0) is 50.6 Å². The number of nitrogens with zero attached hydrogens (tertiary/aromatic N) is 4. The molecule has 2 atom stereocenters. The minimum atomic E-state index is -0.511. The zero-order chi connectivity index (χ0) is 20.9. The normalized spacial score (nSPS) is 21.3. The molecule has 1 aromatic carbocycles. The summed E-state index contributed by atoms with van der Waals surface area (Å²) >= 11 is 0. The molecule has 1 aliphatic heterocycles. The number of carbonyl (C=O) groups excluding carboxylic acids is 1. The zero-order valence-corrected chi connectivity index (χ0v) is 18.4. The third-order valence-corrected chi connectivity index (χ3v) is 5.86. The van der Waals surface area contributed by atoms with Crippen LogP contribution in [-0.2, 0) is 4.79 Å². The molecule has 2 aliphatic rings. The van der Waals surface area contributed by atoms with E-state index in [-0.39, 0.29) is 30.3 Å². The van der Waals surface area contributed by atoms with Crippen molar-refractivity contribution in [2.24, 2.45) is 0 Å². The summed E-state index contributed by atoms with van der Waals surface area (Å²) in [7, 11) is 2.14. The molecule has 0 bridgehead atoms. The molecule has 0 radical (unpaired) electrons. The predicted octanol–water partition coefficient (Wildman–Crippen LogP) is 2.61. The summed E-state index contributed by atoms with van der Waals surface area (Å²) in [6.45, 7) is 4.15. The van der Waals surface area contributed by atoms with E-state index in [1.54, 1.807) is 0 Å². The van der Waals surface area contributed by atoms with Crippen molar-refractivity contribution in [1.29, 1.82) is 0 Å². The fourth-order valence-electron chi connectivity index (χ4n) is 4.07. The third-order valence-electron chi connectivity index (χ3n) is 5.86. The van der Waals surface area contributed by atoms with E-state index in [1.165, 1.54) is 5.69 Å². The van der Waals surface area contributed by atoms with E-state index < -0.39 is 5.82 Å². The average Bonchev–Trinajstić information content (AvgIpc) is 3.19. The first-order valence-corrected chi connectivity index (χ1v) is 10.4. The number of halogens is 2. The summed E-state index contributed by atoms with van der Waals surface area (Å²) in [5.41, 5.74) is 2.03. The minimum absolute atomic E-state index is 0. The van der Waals surface area contributed by atoms with Crippen LogP contribution in [0.1, 0.15) is 19.3 Å². The first kappa shape index (κ1) is 23.0. The van der Waals surface area contributed by atoms with E-state index in [9.17, 15) is 9.18 Å². The standard InChI is InChI=1S/C21H28FN7O.ClH/c1-28-9-11-29(12-10-28)16-7-5-15(6-8-16)25-21-23-13-17(22)20(27-21)26-19-4-2-3-18(19)24-14-30;/h5-8,13-14,18-19H,2-4,9-12H2,1H3,(H,24,30)(H2,23,25,26,27);1H. The molecule has 2 aromatic rings. The molecule has 2 heterocycles. The van der Waals surface area contributed by atoms with Gasteiger partial charge in [0.15, 0.2) is 11.6 Å². The summed E-state index contributed by atoms with van der Waals surface area (Å²) in [6, 6.07) is 8.05. The lowest BCUT2D eigenvalue weighted by atomic mass is 10.2. The second kappa shape index (κ2) is 10.6. The number of hydrogen-bond acceptors (Lipinski definition) is 7. The molecule has 0 spiro atoms. The van der Waals surface area contributed by atoms with E-state index in [0.717, 1.165) is 57.3 Å². The largest absolute Gasteiger partial charge is 0.369 e. The number of carbonyl (C=O) groups is 1. The monoisotopic (exact) mass is 449 g/mol. The Morgan fingerprint density at radius 2 is 1.81 bits per heavy atom. The zero-order valence-electron chi connectivity index (χ0n) is 17.6. The van der Waals surface area contributed by atoms with Crippen molar-refractivity contribution >= 4 is 42.0 Å². The van der Waals surface area contributed by atoms with Gasteiger partial charge in [0.05, 0.1) is 6.20 Å². The van der Waals surface area contributed by atoms with Crippen LogP contribution in [0.2, 0.25) is 0 Å². The molecular formula is C21H29ClFN7O. The highest BCUT2D eigenvalue weighted by molar-refractivity contribution is 5.85. The van der Waals surface area contributed by atoms with Gasteiger partial charge in [-0.3, -0.25) is 4.79 Å². The van der Waals surface area contributed by atoms with Crippen LogP contribution in [-0.4, -0.2) is 66.6 Å². The summed E-state index contributed by atoms with van der Waals surface area (Å²) in [6.07, 6.45) is 4.55. The van der Waals surface area contributed by atoms with Crippen molar-refractivity contribution in [2.45, 2.75) is 31.3 Å². The predicted molar refractivity (Wildman–Crippen MR) is 123 cm³/mol. The molecular weight excluding hydrogens is 421 g/mol. The summed E-state index contributed by atoms with van der Waals surface area (Å²) in [5, 5.41) is 9.06. The van der Waals surface area contributed by atoms with Crippen LogP contribution in [0.25, 0.3) is 0 Å². The first-order valence-electron chi connectivity index (χ1n) is 10.4. The Morgan fingerprint density at radius 3 is 2.52 bits per heavy atom. The van der Waals surface area contributed by atoms with E-state index >= 15 is 0 Å². The molecule has 1 saturated heterocycles. The van der Waals surface area contributed by atoms with Crippen molar-refractivity contribution in [3.05, 3.63) is 36.3 Å². The van der Waals surface area contributed by atoms with Crippen LogP contribution in [0.3, 0.4) is 0 Å². The number of nitrogens with one attached hydrogen (secondary N) is 3. The summed E-state index contributed by atoms with van der Waals surface area (Å²) in [5.74, 6) is -0.0435. The molecule has 31 heavy (non-hydrogen) atoms. The van der Waals surface area contributed by atoms with E-state index in [2.05, 4.69) is 54.9 Å². The number of rotatable bonds is 7. The van der Waals surface area contributed by atoms with E-state index in [1.807, 2.05) is 12.1 Å². The van der Waals surface area contributed by atoms with Crippen LogP contribution in [0.5, 0.6) is 0 Å². The molecule has 1 saturated carbocycles. The molecule has 1 aliphatic carbocycles. The minimum Gasteiger partial charge on any atom is -0.369 e. The molecule has 168 valence electrons. The number of piperazine rings is 1. The number of amides is 1. The molecule has 2 fully saturated rings. The molecule has 3 N–H and O–H groups in total. The highest BCUT2D eigenvalue weighted by atomic mass is 35.5. The van der Waals surface area contributed by atoms with Gasteiger partial charge >= 0.3 is 0 Å². The Kier molecular flexibility index (Phi) is 7.86. The van der Waals surface area contributed by atoms with Gasteiger partial charge in [0.2, 0.25) is 12.4 Å². The molecule has 1 aromatic heterocycles. The highest BCUT2D eigenvalue weighted by Crippen LogP contribution is 2.25. The Labute approximate surface area is 188 Å². The van der Waals surface area contributed by atoms with Crippen molar-refractivity contribution in [3.63, 3.8) is 0 Å². The fourth-order valence-corrected chi connectivity index (χ4v) is 4.07. The van der Waals surface area contributed by atoms with E-state index in [4.69, 9.17) is 0 Å². The second-order valence-electron chi connectivity index (χ2n) is 7.93.